The molecule has 0 bridgehead atoms. The average molecular weight is 339 g/mol. The molecule has 0 unspecified atom stereocenters. The Kier molecular flexibility index (Phi) is 5.35. The van der Waals surface area contributed by atoms with Crippen LogP contribution in [0.5, 0.6) is 0 Å². The first-order valence-electron chi connectivity index (χ1n) is 6.30. The molecule has 0 aliphatic rings. The molecule has 0 aliphatic carbocycles. The first-order valence-corrected chi connectivity index (χ1v) is 7.06. The Hall–Kier alpha value is -2.11. The van der Waals surface area contributed by atoms with E-state index >= 15 is 0 Å². The van der Waals surface area contributed by atoms with E-state index in [0.717, 1.165) is 5.56 Å². The Labute approximate surface area is 137 Å². The number of aromatic nitrogens is 1. The number of carbonyl (C=O) groups is 2. The van der Waals surface area contributed by atoms with Crippen molar-refractivity contribution in [1.29, 1.82) is 0 Å². The summed E-state index contributed by atoms with van der Waals surface area (Å²) >= 11 is 11.5. The number of rotatable bonds is 4. The van der Waals surface area contributed by atoms with Crippen molar-refractivity contribution < 1.29 is 14.3 Å². The fraction of sp³-hybridized carbons (Fsp3) is 0.133. The number of hydrogen-bond donors (Lipinski definition) is 1. The van der Waals surface area contributed by atoms with Crippen LogP contribution in [-0.4, -0.2) is 23.5 Å². The topological polar surface area (TPSA) is 68.3 Å². The van der Waals surface area contributed by atoms with E-state index in [1.54, 1.807) is 18.2 Å². The molecule has 1 heterocycles. The van der Waals surface area contributed by atoms with Gasteiger partial charge < -0.3 is 10.1 Å². The van der Waals surface area contributed by atoms with Crippen LogP contribution in [-0.2, 0) is 9.53 Å². The van der Waals surface area contributed by atoms with Gasteiger partial charge in [-0.25, -0.2) is 9.78 Å². The van der Waals surface area contributed by atoms with Gasteiger partial charge in [0.25, 0.3) is 5.91 Å². The lowest BCUT2D eigenvalue weighted by Gasteiger charge is -2.09. The number of amides is 1. The number of ether oxygens (including phenoxy) is 1. The SMILES string of the molecule is Cc1cc(Cl)ccc1NC(=O)COC(=O)c1ccnc(Cl)c1. The molecule has 0 fully saturated rings. The summed E-state index contributed by atoms with van der Waals surface area (Å²) in [5, 5.41) is 3.40. The summed E-state index contributed by atoms with van der Waals surface area (Å²) in [7, 11) is 0. The molecule has 1 amide bonds. The molecule has 2 rings (SSSR count). The third-order valence-corrected chi connectivity index (χ3v) is 3.20. The zero-order chi connectivity index (χ0) is 16.1. The van der Waals surface area contributed by atoms with Gasteiger partial charge in [0.1, 0.15) is 5.15 Å². The molecule has 0 saturated carbocycles. The number of anilines is 1. The van der Waals surface area contributed by atoms with Gasteiger partial charge in [-0.1, -0.05) is 23.2 Å². The number of esters is 1. The number of nitrogens with one attached hydrogen (secondary N) is 1. The summed E-state index contributed by atoms with van der Waals surface area (Å²) in [4.78, 5) is 27.3. The van der Waals surface area contributed by atoms with E-state index in [9.17, 15) is 9.59 Å². The van der Waals surface area contributed by atoms with Crippen LogP contribution >= 0.6 is 23.2 Å². The van der Waals surface area contributed by atoms with E-state index in [2.05, 4.69) is 10.3 Å². The van der Waals surface area contributed by atoms with Crippen LogP contribution in [0.1, 0.15) is 15.9 Å². The van der Waals surface area contributed by atoms with Crippen molar-refractivity contribution in [3.05, 3.63) is 57.8 Å². The van der Waals surface area contributed by atoms with Gasteiger partial charge in [0.2, 0.25) is 0 Å². The number of nitrogens with zero attached hydrogens (tertiary/aromatic N) is 1. The molecule has 1 N–H and O–H groups in total. The van der Waals surface area contributed by atoms with Gasteiger partial charge in [0, 0.05) is 16.9 Å². The first kappa shape index (κ1) is 16.3. The van der Waals surface area contributed by atoms with Gasteiger partial charge in [-0.3, -0.25) is 4.79 Å². The molecular weight excluding hydrogens is 327 g/mol. The molecule has 5 nitrogen and oxygen atoms in total. The Morgan fingerprint density at radius 2 is 2.00 bits per heavy atom. The molecule has 1 aromatic heterocycles. The predicted octanol–water partition coefficient (Wildman–Crippen LogP) is 3.49. The van der Waals surface area contributed by atoms with E-state index in [-0.39, 0.29) is 10.7 Å². The van der Waals surface area contributed by atoms with Crippen molar-refractivity contribution in [2.75, 3.05) is 11.9 Å². The number of hydrogen-bond acceptors (Lipinski definition) is 4. The minimum absolute atomic E-state index is 0.177. The van der Waals surface area contributed by atoms with Gasteiger partial charge in [-0.2, -0.15) is 0 Å². The van der Waals surface area contributed by atoms with E-state index < -0.39 is 18.5 Å². The molecule has 0 atom stereocenters. The Bertz CT molecular complexity index is 720. The summed E-state index contributed by atoms with van der Waals surface area (Å²) in [6.45, 7) is 1.41. The van der Waals surface area contributed by atoms with E-state index in [1.807, 2.05) is 6.92 Å². The summed E-state index contributed by atoms with van der Waals surface area (Å²) in [6.07, 6.45) is 1.38. The standard InChI is InChI=1S/C15H12Cl2N2O3/c1-9-6-11(16)2-3-12(9)19-14(20)8-22-15(21)10-4-5-18-13(17)7-10/h2-7H,8H2,1H3,(H,19,20). The smallest absolute Gasteiger partial charge is 0.338 e. The minimum atomic E-state index is -0.646. The zero-order valence-electron chi connectivity index (χ0n) is 11.6. The number of pyridine rings is 1. The third kappa shape index (κ3) is 4.44. The largest absolute Gasteiger partial charge is 0.452 e. The van der Waals surface area contributed by atoms with E-state index in [4.69, 9.17) is 27.9 Å². The van der Waals surface area contributed by atoms with Gasteiger partial charge in [0.15, 0.2) is 6.61 Å². The highest BCUT2D eigenvalue weighted by molar-refractivity contribution is 6.30. The number of benzene rings is 1. The normalized spacial score (nSPS) is 10.1. The van der Waals surface area contributed by atoms with Crippen molar-refractivity contribution >= 4 is 40.8 Å². The summed E-state index contributed by atoms with van der Waals surface area (Å²) in [5.41, 5.74) is 1.65. The van der Waals surface area contributed by atoms with Crippen molar-refractivity contribution in [1.82, 2.24) is 4.98 Å². The number of halogens is 2. The lowest BCUT2D eigenvalue weighted by molar-refractivity contribution is -0.119. The number of carbonyl (C=O) groups excluding carboxylic acids is 2. The minimum Gasteiger partial charge on any atom is -0.452 e. The first-order chi connectivity index (χ1) is 10.5. The maximum Gasteiger partial charge on any atom is 0.338 e. The lowest BCUT2D eigenvalue weighted by atomic mass is 10.2. The fourth-order valence-corrected chi connectivity index (χ4v) is 2.10. The molecule has 0 spiro atoms. The van der Waals surface area contributed by atoms with E-state index in [0.29, 0.717) is 10.7 Å². The monoisotopic (exact) mass is 338 g/mol. The van der Waals surface area contributed by atoms with Crippen molar-refractivity contribution in [2.45, 2.75) is 6.92 Å². The second-order valence-corrected chi connectivity index (χ2v) is 5.27. The molecule has 0 aliphatic heterocycles. The molecule has 1 aromatic carbocycles. The van der Waals surface area contributed by atoms with Gasteiger partial charge >= 0.3 is 5.97 Å². The molecule has 22 heavy (non-hydrogen) atoms. The fourth-order valence-electron chi connectivity index (χ4n) is 1.70. The average Bonchev–Trinajstić information content (AvgIpc) is 2.47. The summed E-state index contributed by atoms with van der Waals surface area (Å²) in [6, 6.07) is 7.89. The number of aryl methyl sites for hydroxylation is 1. The molecule has 0 radical (unpaired) electrons. The van der Waals surface area contributed by atoms with Gasteiger partial charge in [-0.15, -0.1) is 0 Å². The molecule has 114 valence electrons. The van der Waals surface area contributed by atoms with Gasteiger partial charge in [0.05, 0.1) is 5.56 Å². The van der Waals surface area contributed by atoms with Crippen LogP contribution < -0.4 is 5.32 Å². The highest BCUT2D eigenvalue weighted by Gasteiger charge is 2.11. The third-order valence-electron chi connectivity index (χ3n) is 2.76. The van der Waals surface area contributed by atoms with Crippen LogP contribution in [0.2, 0.25) is 10.2 Å². The second kappa shape index (κ2) is 7.24. The van der Waals surface area contributed by atoms with Gasteiger partial charge in [-0.05, 0) is 42.8 Å². The van der Waals surface area contributed by atoms with Crippen molar-refractivity contribution in [2.24, 2.45) is 0 Å². The van der Waals surface area contributed by atoms with Crippen LogP contribution in [0.4, 0.5) is 5.69 Å². The Morgan fingerprint density at radius 3 is 2.68 bits per heavy atom. The Morgan fingerprint density at radius 1 is 1.23 bits per heavy atom. The molecule has 2 aromatic rings. The molecular formula is C15H12Cl2N2O3. The van der Waals surface area contributed by atoms with Crippen LogP contribution in [0.3, 0.4) is 0 Å². The summed E-state index contributed by atoms with van der Waals surface area (Å²) in [5.74, 6) is -1.09. The highest BCUT2D eigenvalue weighted by Crippen LogP contribution is 2.19. The zero-order valence-corrected chi connectivity index (χ0v) is 13.1. The highest BCUT2D eigenvalue weighted by atomic mass is 35.5. The van der Waals surface area contributed by atoms with Crippen molar-refractivity contribution in [3.63, 3.8) is 0 Å². The Balaban J connectivity index is 1.91. The molecule has 0 saturated heterocycles. The van der Waals surface area contributed by atoms with Crippen LogP contribution in [0.15, 0.2) is 36.5 Å². The maximum atomic E-state index is 11.8. The molecule has 7 heteroatoms. The van der Waals surface area contributed by atoms with Crippen LogP contribution in [0.25, 0.3) is 0 Å². The maximum absolute atomic E-state index is 11.8. The second-order valence-electron chi connectivity index (χ2n) is 4.45. The quantitative estimate of drug-likeness (QED) is 0.684. The lowest BCUT2D eigenvalue weighted by Crippen LogP contribution is -2.21. The predicted molar refractivity (Wildman–Crippen MR) is 84.3 cm³/mol. The van der Waals surface area contributed by atoms with Crippen LogP contribution in [0, 0.1) is 6.92 Å². The summed E-state index contributed by atoms with van der Waals surface area (Å²) < 4.78 is 4.92. The van der Waals surface area contributed by atoms with Crippen molar-refractivity contribution in [3.8, 4) is 0 Å². The van der Waals surface area contributed by atoms with E-state index in [1.165, 1.54) is 18.3 Å².